The van der Waals surface area contributed by atoms with E-state index in [1.807, 2.05) is 12.1 Å². The number of thiocarbonyl (C=S) groups is 1. The molecule has 182 valence electrons. The van der Waals surface area contributed by atoms with Crippen LogP contribution in [-0.4, -0.2) is 11.1 Å². The molecule has 3 rings (SSSR count). The molecule has 1 saturated carbocycles. The zero-order valence-corrected chi connectivity index (χ0v) is 21.5. The van der Waals surface area contributed by atoms with Gasteiger partial charge in [-0.2, -0.15) is 4.99 Å². The molecule has 2 aromatic rings. The van der Waals surface area contributed by atoms with Gasteiger partial charge in [-0.15, -0.1) is 0 Å². The number of ether oxygens (including phenoxy) is 1. The van der Waals surface area contributed by atoms with E-state index in [4.69, 9.17) is 4.74 Å². The third kappa shape index (κ3) is 8.81. The normalized spacial score (nSPS) is 17.7. The van der Waals surface area contributed by atoms with Crippen LogP contribution >= 0.6 is 12.2 Å². The first-order valence-electron chi connectivity index (χ1n) is 13.2. The molecule has 1 aliphatic carbocycles. The van der Waals surface area contributed by atoms with Crippen LogP contribution in [0.4, 0.5) is 5.69 Å². The Morgan fingerprint density at radius 1 is 0.882 bits per heavy atom. The van der Waals surface area contributed by atoms with Gasteiger partial charge in [0.05, 0.1) is 16.4 Å². The smallest absolute Gasteiger partial charge is 0.343 e. The lowest BCUT2D eigenvalue weighted by atomic mass is 9.77. The Balaban J connectivity index is 1.36. The molecule has 0 heterocycles. The third-order valence-corrected chi connectivity index (χ3v) is 7.24. The van der Waals surface area contributed by atoms with Gasteiger partial charge >= 0.3 is 5.97 Å². The predicted molar refractivity (Wildman–Crippen MR) is 144 cm³/mol. The van der Waals surface area contributed by atoms with Crippen molar-refractivity contribution in [2.45, 2.75) is 96.3 Å². The average molecular weight is 478 g/mol. The highest BCUT2D eigenvalue weighted by Gasteiger charge is 2.22. The maximum absolute atomic E-state index is 12.5. The summed E-state index contributed by atoms with van der Waals surface area (Å²) in [5, 5.41) is 2.33. The van der Waals surface area contributed by atoms with Crippen molar-refractivity contribution in [3.05, 3.63) is 59.7 Å². The van der Waals surface area contributed by atoms with E-state index in [-0.39, 0.29) is 5.97 Å². The van der Waals surface area contributed by atoms with Gasteiger partial charge in [0.15, 0.2) is 0 Å². The van der Waals surface area contributed by atoms with Crippen LogP contribution in [0.3, 0.4) is 0 Å². The van der Waals surface area contributed by atoms with Crippen molar-refractivity contribution in [2.75, 3.05) is 0 Å². The molecule has 0 aromatic heterocycles. The first kappa shape index (κ1) is 26.3. The van der Waals surface area contributed by atoms with E-state index >= 15 is 0 Å². The Morgan fingerprint density at radius 2 is 1.50 bits per heavy atom. The summed E-state index contributed by atoms with van der Waals surface area (Å²) < 4.78 is 5.49. The van der Waals surface area contributed by atoms with Crippen LogP contribution in [-0.2, 0) is 0 Å². The molecule has 0 N–H and O–H groups in total. The Labute approximate surface area is 211 Å². The van der Waals surface area contributed by atoms with Gasteiger partial charge in [0.25, 0.3) is 0 Å². The molecule has 0 aliphatic heterocycles. The predicted octanol–water partition coefficient (Wildman–Crippen LogP) is 9.44. The highest BCUT2D eigenvalue weighted by atomic mass is 32.1. The van der Waals surface area contributed by atoms with Gasteiger partial charge in [0, 0.05) is 0 Å². The fourth-order valence-corrected chi connectivity index (χ4v) is 5.16. The highest BCUT2D eigenvalue weighted by molar-refractivity contribution is 7.78. The molecule has 0 atom stereocenters. The molecule has 0 unspecified atom stereocenters. The molecule has 2 aromatic carbocycles. The van der Waals surface area contributed by atoms with Crippen molar-refractivity contribution >= 4 is 29.0 Å². The van der Waals surface area contributed by atoms with E-state index in [1.54, 1.807) is 24.3 Å². The summed E-state index contributed by atoms with van der Waals surface area (Å²) in [5.41, 5.74) is 2.62. The second-order valence-electron chi connectivity index (χ2n) is 9.69. The standard InChI is InChI=1S/C30H39NO2S/c1-2-3-4-5-6-7-8-9-10-24-11-13-25(14-12-24)26-15-17-27(18-16-26)30(32)33-29-21-19-28(20-22-29)31-23-34/h15-22,24-25H,2-14H2,1H3. The maximum atomic E-state index is 12.5. The van der Waals surface area contributed by atoms with E-state index in [0.717, 1.165) is 5.92 Å². The van der Waals surface area contributed by atoms with Gasteiger partial charge in [-0.25, -0.2) is 4.79 Å². The summed E-state index contributed by atoms with van der Waals surface area (Å²) in [6.45, 7) is 2.28. The second-order valence-corrected chi connectivity index (χ2v) is 9.87. The number of isothiocyanates is 1. The molecule has 0 bridgehead atoms. The fourth-order valence-electron chi connectivity index (χ4n) is 5.05. The van der Waals surface area contributed by atoms with Gasteiger partial charge in [-0.05, 0) is 91.7 Å². The Hall–Kier alpha value is -2.29. The van der Waals surface area contributed by atoms with Crippen molar-refractivity contribution in [3.63, 3.8) is 0 Å². The number of carbonyl (C=O) groups is 1. The Morgan fingerprint density at radius 3 is 2.12 bits per heavy atom. The average Bonchev–Trinajstić information content (AvgIpc) is 2.87. The minimum Gasteiger partial charge on any atom is -0.423 e. The summed E-state index contributed by atoms with van der Waals surface area (Å²) in [7, 11) is 0. The second kappa shape index (κ2) is 14.9. The molecule has 34 heavy (non-hydrogen) atoms. The Kier molecular flexibility index (Phi) is 11.5. The molecule has 0 radical (unpaired) electrons. The van der Waals surface area contributed by atoms with Crippen LogP contribution in [0, 0.1) is 5.92 Å². The Bertz CT molecular complexity index is 908. The molecular formula is C30H39NO2S. The van der Waals surface area contributed by atoms with Crippen LogP contribution in [0.15, 0.2) is 53.5 Å². The van der Waals surface area contributed by atoms with E-state index in [1.165, 1.54) is 89.0 Å². The van der Waals surface area contributed by atoms with Gasteiger partial charge in [-0.3, -0.25) is 0 Å². The first-order valence-corrected chi connectivity index (χ1v) is 13.6. The SMILES string of the molecule is CCCCCCCCCCC1CCC(c2ccc(C(=O)Oc3ccc(N=C=S)cc3)cc2)CC1. The molecule has 1 aliphatic rings. The van der Waals surface area contributed by atoms with Crippen molar-refractivity contribution in [3.8, 4) is 5.75 Å². The summed E-state index contributed by atoms with van der Waals surface area (Å²) >= 11 is 4.60. The molecular weight excluding hydrogens is 438 g/mol. The van der Waals surface area contributed by atoms with Crippen LogP contribution in [0.5, 0.6) is 5.75 Å². The van der Waals surface area contributed by atoms with Crippen molar-refractivity contribution in [2.24, 2.45) is 10.9 Å². The van der Waals surface area contributed by atoms with E-state index in [9.17, 15) is 4.79 Å². The maximum Gasteiger partial charge on any atom is 0.343 e. The van der Waals surface area contributed by atoms with Crippen LogP contribution in [0.2, 0.25) is 0 Å². The minimum absolute atomic E-state index is 0.341. The van der Waals surface area contributed by atoms with Gasteiger partial charge < -0.3 is 4.74 Å². The van der Waals surface area contributed by atoms with Crippen molar-refractivity contribution in [1.82, 2.24) is 0 Å². The number of nitrogens with zero attached hydrogens (tertiary/aromatic N) is 1. The molecule has 1 fully saturated rings. The largest absolute Gasteiger partial charge is 0.423 e. The number of benzene rings is 2. The molecule has 0 amide bonds. The minimum atomic E-state index is -0.341. The molecule has 0 saturated heterocycles. The number of unbranched alkanes of at least 4 members (excludes halogenated alkanes) is 7. The summed E-state index contributed by atoms with van der Waals surface area (Å²) in [4.78, 5) is 16.4. The monoisotopic (exact) mass is 477 g/mol. The number of carbonyl (C=O) groups excluding carboxylic acids is 1. The van der Waals surface area contributed by atoms with E-state index in [0.29, 0.717) is 22.9 Å². The van der Waals surface area contributed by atoms with Crippen LogP contribution in [0.1, 0.15) is 112 Å². The van der Waals surface area contributed by atoms with Crippen LogP contribution < -0.4 is 4.74 Å². The van der Waals surface area contributed by atoms with Gasteiger partial charge in [0.1, 0.15) is 5.75 Å². The number of rotatable bonds is 13. The highest BCUT2D eigenvalue weighted by Crippen LogP contribution is 2.38. The summed E-state index contributed by atoms with van der Waals surface area (Å²) in [6.07, 6.45) is 17.9. The fraction of sp³-hybridized carbons (Fsp3) is 0.533. The molecule has 3 nitrogen and oxygen atoms in total. The number of hydrogen-bond donors (Lipinski definition) is 0. The lowest BCUT2D eigenvalue weighted by molar-refractivity contribution is 0.0734. The number of aliphatic imine (C=N–C) groups is 1. The van der Waals surface area contributed by atoms with E-state index in [2.05, 4.69) is 41.4 Å². The number of esters is 1. The lowest BCUT2D eigenvalue weighted by Gasteiger charge is -2.29. The van der Waals surface area contributed by atoms with Gasteiger partial charge in [-0.1, -0.05) is 76.8 Å². The van der Waals surface area contributed by atoms with Crippen LogP contribution in [0.25, 0.3) is 0 Å². The van der Waals surface area contributed by atoms with Gasteiger partial charge in [0.2, 0.25) is 0 Å². The lowest BCUT2D eigenvalue weighted by Crippen LogP contribution is -2.14. The first-order chi connectivity index (χ1) is 16.7. The topological polar surface area (TPSA) is 38.7 Å². The third-order valence-electron chi connectivity index (χ3n) is 7.15. The molecule has 4 heteroatoms. The van der Waals surface area contributed by atoms with Crippen molar-refractivity contribution < 1.29 is 9.53 Å². The zero-order valence-electron chi connectivity index (χ0n) is 20.6. The van der Waals surface area contributed by atoms with Crippen molar-refractivity contribution in [1.29, 1.82) is 0 Å². The summed E-state index contributed by atoms with van der Waals surface area (Å²) in [6, 6.07) is 14.9. The number of hydrogen-bond acceptors (Lipinski definition) is 4. The molecule has 0 spiro atoms. The zero-order chi connectivity index (χ0) is 24.0. The van der Waals surface area contributed by atoms with E-state index < -0.39 is 0 Å². The summed E-state index contributed by atoms with van der Waals surface area (Å²) in [5.74, 6) is 1.68. The quantitative estimate of drug-likeness (QED) is 0.0948.